The molecule has 0 amide bonds. The molecule has 6 heteroatoms. The maximum Gasteiger partial charge on any atom is 0.149 e. The van der Waals surface area contributed by atoms with E-state index in [4.69, 9.17) is 9.97 Å². The highest BCUT2D eigenvalue weighted by atomic mass is 127. The molecule has 1 aromatic rings. The molecule has 1 atom stereocenters. The Kier molecular flexibility index (Phi) is 4.66. The van der Waals surface area contributed by atoms with Crippen LogP contribution in [0, 0.1) is 3.57 Å². The Bertz CT molecular complexity index is 517. The molecule has 2 heterocycles. The highest BCUT2D eigenvalue weighted by molar-refractivity contribution is 14.1. The van der Waals surface area contributed by atoms with Crippen molar-refractivity contribution in [2.24, 2.45) is 0 Å². The number of nitrogens with zero attached hydrogens (tertiary/aromatic N) is 4. The molecule has 116 valence electrons. The Hall–Kier alpha value is -0.470. The average molecular weight is 401 g/mol. The Morgan fingerprint density at radius 2 is 1.95 bits per heavy atom. The van der Waals surface area contributed by atoms with Crippen molar-refractivity contribution in [3.63, 3.8) is 0 Å². The molecule has 0 aromatic carbocycles. The van der Waals surface area contributed by atoms with Gasteiger partial charge >= 0.3 is 0 Å². The van der Waals surface area contributed by atoms with E-state index in [-0.39, 0.29) is 0 Å². The third-order valence-corrected chi connectivity index (χ3v) is 5.52. The van der Waals surface area contributed by atoms with E-state index < -0.39 is 0 Å². The molecular formula is C15H24IN5. The van der Waals surface area contributed by atoms with Crippen LogP contribution in [0.5, 0.6) is 0 Å². The lowest BCUT2D eigenvalue weighted by atomic mass is 10.2. The van der Waals surface area contributed by atoms with Gasteiger partial charge in [-0.15, -0.1) is 0 Å². The molecule has 1 aliphatic carbocycles. The first-order valence-electron chi connectivity index (χ1n) is 7.74. The fraction of sp³-hybridized carbons (Fsp3) is 0.733. The van der Waals surface area contributed by atoms with Gasteiger partial charge in [0, 0.05) is 19.5 Å². The molecular weight excluding hydrogens is 377 g/mol. The fourth-order valence-corrected chi connectivity index (χ4v) is 3.93. The molecule has 1 saturated carbocycles. The van der Waals surface area contributed by atoms with Crippen LogP contribution in [-0.4, -0.2) is 60.5 Å². The summed E-state index contributed by atoms with van der Waals surface area (Å²) in [5.41, 5.74) is 1.25. The summed E-state index contributed by atoms with van der Waals surface area (Å²) in [5, 5.41) is 3.25. The summed E-state index contributed by atoms with van der Waals surface area (Å²) in [6, 6.07) is 0.291. The van der Waals surface area contributed by atoms with Crippen molar-refractivity contribution in [2.75, 3.05) is 46.1 Å². The second-order valence-corrected chi connectivity index (χ2v) is 7.34. The van der Waals surface area contributed by atoms with Crippen LogP contribution in [0.1, 0.15) is 42.7 Å². The lowest BCUT2D eigenvalue weighted by Gasteiger charge is -2.27. The summed E-state index contributed by atoms with van der Waals surface area (Å²) in [4.78, 5) is 14.6. The van der Waals surface area contributed by atoms with Gasteiger partial charge in [-0.3, -0.25) is 4.90 Å². The first kappa shape index (κ1) is 15.4. The molecule has 1 unspecified atom stereocenters. The largest absolute Gasteiger partial charge is 0.372 e. The molecule has 0 radical (unpaired) electrons. The van der Waals surface area contributed by atoms with E-state index in [9.17, 15) is 0 Å². The standard InChI is InChI=1S/C15H24IN5/c1-17-15-12(16)13(10-5-6-10)18-14(19-15)11-9-20(2)7-4-8-21(11)3/h10-11H,4-9H2,1-3H3,(H,17,18,19). The van der Waals surface area contributed by atoms with Gasteiger partial charge < -0.3 is 10.2 Å². The van der Waals surface area contributed by atoms with Crippen LogP contribution in [0.4, 0.5) is 5.82 Å². The summed E-state index contributed by atoms with van der Waals surface area (Å²) < 4.78 is 1.20. The third-order valence-electron chi connectivity index (χ3n) is 4.46. The molecule has 0 bridgehead atoms. The number of hydrogen-bond donors (Lipinski definition) is 1. The van der Waals surface area contributed by atoms with Gasteiger partial charge in [-0.25, -0.2) is 9.97 Å². The number of anilines is 1. The highest BCUT2D eigenvalue weighted by Gasteiger charge is 2.32. The van der Waals surface area contributed by atoms with E-state index in [2.05, 4.69) is 51.8 Å². The SMILES string of the molecule is CNc1nc(C2CN(C)CCCN2C)nc(C2CC2)c1I. The molecule has 5 nitrogen and oxygen atoms in total. The molecule has 21 heavy (non-hydrogen) atoms. The van der Waals surface area contributed by atoms with E-state index in [1.54, 1.807) is 0 Å². The first-order valence-corrected chi connectivity index (χ1v) is 8.82. The molecule has 1 N–H and O–H groups in total. The van der Waals surface area contributed by atoms with Crippen molar-refractivity contribution in [2.45, 2.75) is 31.2 Å². The van der Waals surface area contributed by atoms with Gasteiger partial charge in [0.2, 0.25) is 0 Å². The van der Waals surface area contributed by atoms with Crippen LogP contribution < -0.4 is 5.32 Å². The smallest absolute Gasteiger partial charge is 0.149 e. The minimum Gasteiger partial charge on any atom is -0.372 e. The maximum absolute atomic E-state index is 4.97. The summed E-state index contributed by atoms with van der Waals surface area (Å²) >= 11 is 2.39. The van der Waals surface area contributed by atoms with Crippen LogP contribution in [0.3, 0.4) is 0 Å². The van der Waals surface area contributed by atoms with Gasteiger partial charge in [0.05, 0.1) is 15.3 Å². The zero-order valence-corrected chi connectivity index (χ0v) is 15.2. The number of halogens is 1. The normalized spacial score (nSPS) is 24.9. The molecule has 2 aliphatic rings. The van der Waals surface area contributed by atoms with E-state index >= 15 is 0 Å². The van der Waals surface area contributed by atoms with Crippen LogP contribution in [0.15, 0.2) is 0 Å². The van der Waals surface area contributed by atoms with Crippen molar-refractivity contribution in [3.8, 4) is 0 Å². The number of rotatable bonds is 3. The lowest BCUT2D eigenvalue weighted by molar-refractivity contribution is 0.219. The van der Waals surface area contributed by atoms with E-state index in [0.717, 1.165) is 31.3 Å². The topological polar surface area (TPSA) is 44.3 Å². The Morgan fingerprint density at radius 1 is 1.19 bits per heavy atom. The predicted octanol–water partition coefficient (Wildman–Crippen LogP) is 2.31. The molecule has 1 aromatic heterocycles. The minimum absolute atomic E-state index is 0.291. The van der Waals surface area contributed by atoms with E-state index in [0.29, 0.717) is 12.0 Å². The van der Waals surface area contributed by atoms with Gasteiger partial charge in [-0.05, 0) is 69.0 Å². The summed E-state index contributed by atoms with van der Waals surface area (Å²) in [6.45, 7) is 3.27. The van der Waals surface area contributed by atoms with Crippen LogP contribution in [0.25, 0.3) is 0 Å². The van der Waals surface area contributed by atoms with Crippen molar-refractivity contribution in [1.29, 1.82) is 0 Å². The summed E-state index contributed by atoms with van der Waals surface area (Å²) in [7, 11) is 6.34. The number of aromatic nitrogens is 2. The molecule has 1 aliphatic heterocycles. The zero-order valence-electron chi connectivity index (χ0n) is 13.1. The predicted molar refractivity (Wildman–Crippen MR) is 93.8 cm³/mol. The summed E-state index contributed by atoms with van der Waals surface area (Å²) in [6.07, 6.45) is 3.76. The van der Waals surface area contributed by atoms with Gasteiger partial charge in [0.15, 0.2) is 0 Å². The van der Waals surface area contributed by atoms with Crippen LogP contribution >= 0.6 is 22.6 Å². The first-order chi connectivity index (χ1) is 10.1. The Labute approximate surface area is 140 Å². The van der Waals surface area contributed by atoms with Gasteiger partial charge in [-0.1, -0.05) is 0 Å². The highest BCUT2D eigenvalue weighted by Crippen LogP contribution is 2.42. The fourth-order valence-electron chi connectivity index (χ4n) is 2.97. The van der Waals surface area contributed by atoms with Crippen molar-refractivity contribution >= 4 is 28.4 Å². The lowest BCUT2D eigenvalue weighted by Crippen LogP contribution is -2.32. The second kappa shape index (κ2) is 6.34. The number of likely N-dealkylation sites (N-methyl/N-ethyl adjacent to an activating group) is 2. The van der Waals surface area contributed by atoms with E-state index in [1.165, 1.54) is 28.5 Å². The monoisotopic (exact) mass is 401 g/mol. The zero-order chi connectivity index (χ0) is 15.0. The van der Waals surface area contributed by atoms with Gasteiger partial charge in [0.1, 0.15) is 11.6 Å². The molecule has 0 spiro atoms. The van der Waals surface area contributed by atoms with Crippen molar-refractivity contribution < 1.29 is 0 Å². The quantitative estimate of drug-likeness (QED) is 0.788. The second-order valence-electron chi connectivity index (χ2n) is 6.27. The maximum atomic E-state index is 4.97. The van der Waals surface area contributed by atoms with Crippen LogP contribution in [0.2, 0.25) is 0 Å². The molecule has 3 rings (SSSR count). The van der Waals surface area contributed by atoms with Gasteiger partial charge in [-0.2, -0.15) is 0 Å². The van der Waals surface area contributed by atoms with Crippen molar-refractivity contribution in [3.05, 3.63) is 15.1 Å². The molecule has 1 saturated heterocycles. The van der Waals surface area contributed by atoms with Crippen LogP contribution in [-0.2, 0) is 0 Å². The average Bonchev–Trinajstić information content (AvgIpc) is 3.29. The summed E-state index contributed by atoms with van der Waals surface area (Å²) in [5.74, 6) is 2.63. The van der Waals surface area contributed by atoms with Gasteiger partial charge in [0.25, 0.3) is 0 Å². The Balaban J connectivity index is 1.97. The van der Waals surface area contributed by atoms with E-state index in [1.807, 2.05) is 7.05 Å². The molecule has 2 fully saturated rings. The third kappa shape index (κ3) is 3.32. The van der Waals surface area contributed by atoms with Crippen molar-refractivity contribution in [1.82, 2.24) is 19.8 Å². The number of nitrogens with one attached hydrogen (secondary N) is 1. The number of hydrogen-bond acceptors (Lipinski definition) is 5. The Morgan fingerprint density at radius 3 is 2.62 bits per heavy atom. The minimum atomic E-state index is 0.291.